The summed E-state index contributed by atoms with van der Waals surface area (Å²) in [5, 5.41) is 2.72. The first kappa shape index (κ1) is 37.1. The third kappa shape index (κ3) is 7.58. The van der Waals surface area contributed by atoms with Crippen LogP contribution in [-0.2, 0) is 27.2 Å². The lowest BCUT2D eigenvalue weighted by atomic mass is 9.96. The predicted octanol–water partition coefficient (Wildman–Crippen LogP) is 7.89. The molecule has 0 saturated carbocycles. The van der Waals surface area contributed by atoms with E-state index in [0.717, 1.165) is 89.9 Å². The predicted molar refractivity (Wildman–Crippen MR) is 211 cm³/mol. The van der Waals surface area contributed by atoms with Crippen LogP contribution in [0.15, 0.2) is 60.7 Å². The van der Waals surface area contributed by atoms with Gasteiger partial charge in [-0.25, -0.2) is 14.8 Å². The molecule has 2 aliphatic heterocycles. The summed E-state index contributed by atoms with van der Waals surface area (Å²) in [5.41, 5.74) is 8.49. The lowest BCUT2D eigenvalue weighted by Gasteiger charge is -2.29. The summed E-state index contributed by atoms with van der Waals surface area (Å²) in [5.74, 6) is 1.98. The highest BCUT2D eigenvalue weighted by Crippen LogP contribution is 2.35. The minimum Gasteiger partial charge on any atom is -0.453 e. The molecule has 0 unspecified atom stereocenters. The van der Waals surface area contributed by atoms with E-state index < -0.39 is 12.1 Å². The van der Waals surface area contributed by atoms with E-state index in [0.29, 0.717) is 12.5 Å². The van der Waals surface area contributed by atoms with Gasteiger partial charge in [0.15, 0.2) is 0 Å². The van der Waals surface area contributed by atoms with E-state index in [2.05, 4.69) is 89.8 Å². The highest BCUT2D eigenvalue weighted by Gasteiger charge is 2.38. The summed E-state index contributed by atoms with van der Waals surface area (Å²) in [6.07, 6.45) is 4.79. The van der Waals surface area contributed by atoms with Crippen LogP contribution in [0.5, 0.6) is 0 Å². The summed E-state index contributed by atoms with van der Waals surface area (Å²) in [6.45, 7) is 11.5. The average Bonchev–Trinajstić information content (AvgIpc) is 4.00. The summed E-state index contributed by atoms with van der Waals surface area (Å²) < 4.78 is 4.77. The molecular weight excluding hydrogens is 679 g/mol. The molecule has 11 nitrogen and oxygen atoms in total. The van der Waals surface area contributed by atoms with Gasteiger partial charge >= 0.3 is 6.09 Å². The first-order valence-electron chi connectivity index (χ1n) is 19.5. The summed E-state index contributed by atoms with van der Waals surface area (Å²) in [6, 6.07) is 20.6. The van der Waals surface area contributed by atoms with Crippen molar-refractivity contribution in [2.75, 3.05) is 20.2 Å². The number of carbonyl (C=O) groups excluding carboxylic acids is 3. The van der Waals surface area contributed by atoms with Crippen LogP contribution >= 0.6 is 0 Å². The zero-order valence-corrected chi connectivity index (χ0v) is 32.3. The number of methoxy groups -OCH3 is 1. The number of imidazole rings is 2. The lowest BCUT2D eigenvalue weighted by molar-refractivity contribution is -0.137. The fourth-order valence-corrected chi connectivity index (χ4v) is 7.96. The van der Waals surface area contributed by atoms with Gasteiger partial charge in [-0.05, 0) is 96.9 Å². The van der Waals surface area contributed by atoms with Crippen LogP contribution in [0.1, 0.15) is 95.2 Å². The molecule has 11 heteroatoms. The maximum absolute atomic E-state index is 13.6. The van der Waals surface area contributed by atoms with E-state index in [1.807, 2.05) is 30.6 Å². The largest absolute Gasteiger partial charge is 0.453 e. The Kier molecular flexibility index (Phi) is 10.8. The van der Waals surface area contributed by atoms with Gasteiger partial charge in [-0.1, -0.05) is 71.0 Å². The van der Waals surface area contributed by atoms with Crippen LogP contribution in [0.4, 0.5) is 4.79 Å². The van der Waals surface area contributed by atoms with E-state index in [4.69, 9.17) is 14.7 Å². The molecule has 2 saturated heterocycles. The molecule has 7 rings (SSSR count). The summed E-state index contributed by atoms with van der Waals surface area (Å²) >= 11 is 0. The Balaban J connectivity index is 0.994. The third-order valence-corrected chi connectivity index (χ3v) is 11.5. The molecule has 4 heterocycles. The van der Waals surface area contributed by atoms with Gasteiger partial charge in [-0.15, -0.1) is 0 Å². The minimum atomic E-state index is -0.665. The van der Waals surface area contributed by atoms with Crippen LogP contribution < -0.4 is 5.32 Å². The standard InChI is InChI=1S/C43H53N7O4/c1-25(2)27(5)41(51)49-21-7-9-36(49)39-45-33-20-18-31(24-35(33)47-39)30-16-13-28(14-17-30)11-12-29-15-19-32-34(23-29)46-40(44-32)37-10-8-22-50(37)42(52)38(26(3)4)48-43(53)54-6/h13-20,23-27,36-38H,7-12,21-22H2,1-6H3,(H,44,46)(H,45,47)(H,48,53)/t27-,36-,37-,38-/m0/s1. The molecule has 0 aliphatic carbocycles. The quantitative estimate of drug-likeness (QED) is 0.126. The van der Waals surface area contributed by atoms with E-state index in [1.54, 1.807) is 0 Å². The zero-order chi connectivity index (χ0) is 38.1. The fraction of sp³-hybridized carbons (Fsp3) is 0.465. The van der Waals surface area contributed by atoms with Crippen molar-refractivity contribution < 1.29 is 19.1 Å². The second kappa shape index (κ2) is 15.7. The fourth-order valence-electron chi connectivity index (χ4n) is 7.96. The van der Waals surface area contributed by atoms with Gasteiger partial charge in [0.05, 0.1) is 41.3 Å². The number of hydrogen-bond donors (Lipinski definition) is 3. The van der Waals surface area contributed by atoms with Crippen molar-refractivity contribution in [3.05, 3.63) is 83.4 Å². The minimum absolute atomic E-state index is 0.000887. The monoisotopic (exact) mass is 731 g/mol. The SMILES string of the molecule is COC(=O)N[C@H](C(=O)N1CCC[C@H]1c1nc2ccc(CCc3ccc(-c4ccc5nc([C@@H]6CCCN6C(=O)[C@@H](C)C(C)C)[nH]c5c4)cc3)cc2[nH]1)C(C)C. The van der Waals surface area contributed by atoms with Gasteiger partial charge in [0.25, 0.3) is 0 Å². The molecule has 4 atom stereocenters. The van der Waals surface area contributed by atoms with Crippen molar-refractivity contribution in [2.45, 2.75) is 91.3 Å². The van der Waals surface area contributed by atoms with E-state index in [1.165, 1.54) is 18.2 Å². The van der Waals surface area contributed by atoms with Crippen molar-refractivity contribution in [2.24, 2.45) is 17.8 Å². The molecule has 0 spiro atoms. The maximum Gasteiger partial charge on any atom is 0.407 e. The molecule has 3 N–H and O–H groups in total. The number of hydrogen-bond acceptors (Lipinski definition) is 6. The number of amides is 3. The highest BCUT2D eigenvalue weighted by molar-refractivity contribution is 5.87. The molecule has 0 bridgehead atoms. The number of likely N-dealkylation sites (tertiary alicyclic amines) is 2. The van der Waals surface area contributed by atoms with Crippen molar-refractivity contribution in [3.63, 3.8) is 0 Å². The number of nitrogens with zero attached hydrogens (tertiary/aromatic N) is 4. The normalized spacial score (nSPS) is 18.6. The summed E-state index contributed by atoms with van der Waals surface area (Å²) in [7, 11) is 1.30. The van der Waals surface area contributed by atoms with Crippen LogP contribution in [0.3, 0.4) is 0 Å². The molecule has 0 radical (unpaired) electrons. The average molecular weight is 732 g/mol. The van der Waals surface area contributed by atoms with Crippen LogP contribution in [0.25, 0.3) is 33.2 Å². The Labute approximate surface area is 317 Å². The number of aromatic amines is 2. The molecule has 3 amide bonds. The Hall–Kier alpha value is -5.19. The molecular formula is C43H53N7O4. The molecule has 2 aliphatic rings. The highest BCUT2D eigenvalue weighted by atomic mass is 16.5. The number of aromatic nitrogens is 4. The Morgan fingerprint density at radius 1 is 0.722 bits per heavy atom. The molecule has 54 heavy (non-hydrogen) atoms. The first-order chi connectivity index (χ1) is 26.0. The van der Waals surface area contributed by atoms with E-state index in [-0.39, 0.29) is 35.7 Å². The molecule has 3 aromatic carbocycles. The number of alkyl carbamates (subject to hydrolysis) is 1. The first-order valence-corrected chi connectivity index (χ1v) is 19.5. The number of fused-ring (bicyclic) bond motifs is 2. The van der Waals surface area contributed by atoms with Crippen molar-refractivity contribution in [3.8, 4) is 11.1 Å². The molecule has 2 fully saturated rings. The van der Waals surface area contributed by atoms with Gasteiger partial charge < -0.3 is 29.8 Å². The van der Waals surface area contributed by atoms with Gasteiger partial charge in [0.2, 0.25) is 11.8 Å². The van der Waals surface area contributed by atoms with Gasteiger partial charge in [-0.2, -0.15) is 0 Å². The lowest BCUT2D eigenvalue weighted by Crippen LogP contribution is -2.51. The zero-order valence-electron chi connectivity index (χ0n) is 32.3. The molecule has 2 aromatic heterocycles. The number of H-pyrrole nitrogens is 2. The maximum atomic E-state index is 13.6. The topological polar surface area (TPSA) is 136 Å². The number of nitrogens with one attached hydrogen (secondary N) is 3. The Bertz CT molecular complexity index is 2130. The number of benzene rings is 3. The Morgan fingerprint density at radius 3 is 1.85 bits per heavy atom. The number of carbonyl (C=O) groups is 3. The van der Waals surface area contributed by atoms with E-state index in [9.17, 15) is 14.4 Å². The van der Waals surface area contributed by atoms with Crippen LogP contribution in [0.2, 0.25) is 0 Å². The second-order valence-electron chi connectivity index (χ2n) is 15.8. The summed E-state index contributed by atoms with van der Waals surface area (Å²) in [4.78, 5) is 59.5. The van der Waals surface area contributed by atoms with Gasteiger partial charge in [0.1, 0.15) is 17.7 Å². The second-order valence-corrected chi connectivity index (χ2v) is 15.8. The van der Waals surface area contributed by atoms with E-state index >= 15 is 0 Å². The molecule has 284 valence electrons. The van der Waals surface area contributed by atoms with Crippen molar-refractivity contribution in [1.82, 2.24) is 35.1 Å². The molecule has 5 aromatic rings. The number of ether oxygens (including phenoxy) is 1. The van der Waals surface area contributed by atoms with Gasteiger partial charge in [-0.3, -0.25) is 9.59 Å². The Morgan fingerprint density at radius 2 is 1.26 bits per heavy atom. The van der Waals surface area contributed by atoms with Crippen molar-refractivity contribution >= 4 is 40.0 Å². The smallest absolute Gasteiger partial charge is 0.407 e. The number of rotatable bonds is 11. The van der Waals surface area contributed by atoms with Crippen LogP contribution in [-0.4, -0.2) is 73.9 Å². The number of aryl methyl sites for hydroxylation is 2. The van der Waals surface area contributed by atoms with Crippen molar-refractivity contribution in [1.29, 1.82) is 0 Å². The van der Waals surface area contributed by atoms with Crippen LogP contribution in [0, 0.1) is 17.8 Å². The third-order valence-electron chi connectivity index (χ3n) is 11.5. The van der Waals surface area contributed by atoms with Gasteiger partial charge in [0, 0.05) is 19.0 Å².